The van der Waals surface area contributed by atoms with E-state index in [4.69, 9.17) is 18.9 Å². The Balaban J connectivity index is 2.24. The number of hydrogen-bond donors (Lipinski definition) is 4. The van der Waals surface area contributed by atoms with Crippen LogP contribution in [-0.2, 0) is 23.7 Å². The number of esters is 1. The van der Waals surface area contributed by atoms with Gasteiger partial charge in [0, 0.05) is 13.0 Å². The number of unbranched alkanes of at least 4 members (excludes halogenated alkanes) is 18. The van der Waals surface area contributed by atoms with Gasteiger partial charge < -0.3 is 39.4 Å². The minimum absolute atomic E-state index is 0.125. The van der Waals surface area contributed by atoms with Crippen molar-refractivity contribution in [3.63, 3.8) is 0 Å². The van der Waals surface area contributed by atoms with E-state index >= 15 is 0 Å². The molecule has 0 saturated carbocycles. The number of aliphatic hydroxyl groups is 4. The van der Waals surface area contributed by atoms with Crippen molar-refractivity contribution in [1.82, 2.24) is 0 Å². The topological polar surface area (TPSA) is 135 Å². The van der Waals surface area contributed by atoms with Crippen molar-refractivity contribution in [2.24, 2.45) is 0 Å². The number of rotatable bonds is 43. The zero-order valence-electron chi connectivity index (χ0n) is 40.5. The third-order valence-electron chi connectivity index (χ3n) is 11.3. The van der Waals surface area contributed by atoms with Crippen LogP contribution in [0.5, 0.6) is 0 Å². The maximum atomic E-state index is 12.8. The van der Waals surface area contributed by atoms with Gasteiger partial charge in [-0.3, -0.25) is 4.79 Å². The second kappa shape index (κ2) is 45.5. The molecule has 0 aromatic carbocycles. The van der Waals surface area contributed by atoms with Crippen molar-refractivity contribution >= 4 is 5.97 Å². The summed E-state index contributed by atoms with van der Waals surface area (Å²) >= 11 is 0. The van der Waals surface area contributed by atoms with Gasteiger partial charge in [0.1, 0.15) is 30.5 Å². The van der Waals surface area contributed by atoms with Gasteiger partial charge in [0.2, 0.25) is 0 Å². The molecule has 1 heterocycles. The third-order valence-corrected chi connectivity index (χ3v) is 11.3. The van der Waals surface area contributed by atoms with Crippen LogP contribution in [0.3, 0.4) is 0 Å². The highest BCUT2D eigenvalue weighted by Gasteiger charge is 2.44. The fraction of sp³-hybridized carbons (Fsp3) is 0.727. The molecular weight excluding hydrogens is 805 g/mol. The standard InChI is InChI=1S/C55H94O9/c1-3-5-7-9-11-13-15-17-19-21-22-23-24-25-26-27-29-31-33-35-37-39-41-43-45-61-47-49(48-62-55-54(60)53(59)52(58)50(46-56)64-55)63-51(57)44-42-40-38-36-34-32-30-28-20-18-16-14-12-10-8-6-4-2/h5,7,11,13,17-20,22-23,25-26,29,31,49-50,52-56,58-60H,3-4,6,8-10,12,14-16,21,24,27-28,30,32-48H2,1-2H3/b7-5-,13-11-,19-17-,20-18-,23-22-,26-25-,31-29-. The Kier molecular flexibility index (Phi) is 42.2. The van der Waals surface area contributed by atoms with Gasteiger partial charge in [0.15, 0.2) is 6.29 Å². The van der Waals surface area contributed by atoms with Crippen LogP contribution in [0.4, 0.5) is 0 Å². The van der Waals surface area contributed by atoms with E-state index in [1.54, 1.807) is 0 Å². The summed E-state index contributed by atoms with van der Waals surface area (Å²) in [4.78, 5) is 12.8. The molecule has 1 aliphatic heterocycles. The second-order valence-corrected chi connectivity index (χ2v) is 17.2. The van der Waals surface area contributed by atoms with Gasteiger partial charge in [0.05, 0.1) is 19.8 Å². The van der Waals surface area contributed by atoms with Crippen LogP contribution >= 0.6 is 0 Å². The van der Waals surface area contributed by atoms with Gasteiger partial charge in [-0.25, -0.2) is 0 Å². The van der Waals surface area contributed by atoms with Crippen molar-refractivity contribution in [3.05, 3.63) is 85.1 Å². The Bertz CT molecular complexity index is 1250. The van der Waals surface area contributed by atoms with E-state index in [0.717, 1.165) is 96.3 Å². The fourth-order valence-electron chi connectivity index (χ4n) is 7.31. The molecule has 0 aliphatic carbocycles. The highest BCUT2D eigenvalue weighted by molar-refractivity contribution is 5.69. The first-order valence-corrected chi connectivity index (χ1v) is 25.7. The summed E-state index contributed by atoms with van der Waals surface area (Å²) in [6.45, 7) is 4.39. The van der Waals surface area contributed by atoms with Crippen molar-refractivity contribution in [3.8, 4) is 0 Å². The van der Waals surface area contributed by atoms with E-state index in [0.29, 0.717) is 13.0 Å². The Morgan fingerprint density at radius 2 is 0.953 bits per heavy atom. The molecule has 64 heavy (non-hydrogen) atoms. The lowest BCUT2D eigenvalue weighted by molar-refractivity contribution is -0.305. The van der Waals surface area contributed by atoms with Crippen molar-refractivity contribution in [1.29, 1.82) is 0 Å². The van der Waals surface area contributed by atoms with Crippen LogP contribution in [-0.4, -0.2) is 89.6 Å². The zero-order chi connectivity index (χ0) is 46.4. The number of hydrogen-bond acceptors (Lipinski definition) is 9. The monoisotopic (exact) mass is 899 g/mol. The number of ether oxygens (including phenoxy) is 4. The highest BCUT2D eigenvalue weighted by Crippen LogP contribution is 2.22. The molecule has 9 heteroatoms. The van der Waals surface area contributed by atoms with E-state index in [2.05, 4.69) is 98.9 Å². The van der Waals surface area contributed by atoms with Crippen LogP contribution in [0, 0.1) is 0 Å². The summed E-state index contributed by atoms with van der Waals surface area (Å²) in [5.41, 5.74) is 0. The first kappa shape index (κ1) is 59.4. The number of allylic oxidation sites excluding steroid dienone is 14. The molecule has 6 unspecified atom stereocenters. The summed E-state index contributed by atoms with van der Waals surface area (Å²) < 4.78 is 22.9. The van der Waals surface area contributed by atoms with Crippen molar-refractivity contribution < 1.29 is 44.2 Å². The average Bonchev–Trinajstić information content (AvgIpc) is 3.30. The lowest BCUT2D eigenvalue weighted by atomic mass is 9.99. The number of carbonyl (C=O) groups excluding carboxylic acids is 1. The SMILES string of the molecule is CC/C=C\C/C=C\C/C=C\C/C=C\C/C=C\C/C=C\CCCCCCCOCC(COC1OC(CO)C(O)C(O)C1O)OC(=O)CCCCCCCCC/C=C\CCCCCCCC. The normalized spacial score (nSPS) is 20.2. The quantitative estimate of drug-likeness (QED) is 0.0268. The fourth-order valence-corrected chi connectivity index (χ4v) is 7.31. The van der Waals surface area contributed by atoms with Crippen LogP contribution in [0.15, 0.2) is 85.1 Å². The Labute approximate surface area is 390 Å². The summed E-state index contributed by atoms with van der Waals surface area (Å²) in [5, 5.41) is 40.2. The summed E-state index contributed by atoms with van der Waals surface area (Å²) in [7, 11) is 0. The largest absolute Gasteiger partial charge is 0.457 e. The molecule has 6 atom stereocenters. The molecule has 0 bridgehead atoms. The molecule has 9 nitrogen and oxygen atoms in total. The van der Waals surface area contributed by atoms with E-state index in [-0.39, 0.29) is 19.2 Å². The molecule has 1 fully saturated rings. The molecule has 1 aliphatic rings. The van der Waals surface area contributed by atoms with Crippen LogP contribution in [0.2, 0.25) is 0 Å². The molecular formula is C55H94O9. The third kappa shape index (κ3) is 35.6. The van der Waals surface area contributed by atoms with Crippen molar-refractivity contribution in [2.75, 3.05) is 26.4 Å². The Hall–Kier alpha value is -2.63. The van der Waals surface area contributed by atoms with Crippen molar-refractivity contribution in [2.45, 2.75) is 230 Å². The minimum atomic E-state index is -1.55. The van der Waals surface area contributed by atoms with Crippen LogP contribution in [0.1, 0.15) is 194 Å². The van der Waals surface area contributed by atoms with Gasteiger partial charge in [0.25, 0.3) is 0 Å². The van der Waals surface area contributed by atoms with E-state index in [1.807, 2.05) is 0 Å². The van der Waals surface area contributed by atoms with Gasteiger partial charge in [-0.1, -0.05) is 182 Å². The Morgan fingerprint density at radius 3 is 1.45 bits per heavy atom. The molecule has 0 amide bonds. The van der Waals surface area contributed by atoms with Crippen LogP contribution < -0.4 is 0 Å². The zero-order valence-corrected chi connectivity index (χ0v) is 40.5. The molecule has 0 spiro atoms. The first-order valence-electron chi connectivity index (χ1n) is 25.7. The molecule has 1 saturated heterocycles. The van der Waals surface area contributed by atoms with E-state index < -0.39 is 43.4 Å². The van der Waals surface area contributed by atoms with E-state index in [9.17, 15) is 25.2 Å². The maximum Gasteiger partial charge on any atom is 0.306 e. The smallest absolute Gasteiger partial charge is 0.306 e. The molecule has 0 radical (unpaired) electrons. The lowest BCUT2D eigenvalue weighted by Crippen LogP contribution is -2.59. The minimum Gasteiger partial charge on any atom is -0.457 e. The van der Waals surface area contributed by atoms with Gasteiger partial charge in [-0.05, 0) is 89.9 Å². The van der Waals surface area contributed by atoms with Gasteiger partial charge >= 0.3 is 5.97 Å². The highest BCUT2D eigenvalue weighted by atomic mass is 16.7. The summed E-state index contributed by atoms with van der Waals surface area (Å²) in [6.07, 6.45) is 54.7. The van der Waals surface area contributed by atoms with E-state index in [1.165, 1.54) is 77.0 Å². The van der Waals surface area contributed by atoms with Gasteiger partial charge in [-0.15, -0.1) is 0 Å². The summed E-state index contributed by atoms with van der Waals surface area (Å²) in [5.74, 6) is -0.328. The lowest BCUT2D eigenvalue weighted by Gasteiger charge is -2.39. The Morgan fingerprint density at radius 1 is 0.516 bits per heavy atom. The molecule has 1 rings (SSSR count). The molecule has 0 aromatic rings. The number of carbonyl (C=O) groups is 1. The first-order chi connectivity index (χ1) is 31.4. The van der Waals surface area contributed by atoms with Crippen LogP contribution in [0.25, 0.3) is 0 Å². The summed E-state index contributed by atoms with van der Waals surface area (Å²) in [6, 6.07) is 0. The predicted octanol–water partition coefficient (Wildman–Crippen LogP) is 12.6. The average molecular weight is 899 g/mol. The molecule has 4 N–H and O–H groups in total. The number of aliphatic hydroxyl groups excluding tert-OH is 4. The predicted molar refractivity (Wildman–Crippen MR) is 265 cm³/mol. The molecule has 0 aromatic heterocycles. The second-order valence-electron chi connectivity index (χ2n) is 17.2. The maximum absolute atomic E-state index is 12.8. The van der Waals surface area contributed by atoms with Gasteiger partial charge in [-0.2, -0.15) is 0 Å². The molecule has 368 valence electrons.